The number of hydrogen-bond donors (Lipinski definition) is 6. The number of aliphatic hydroxyl groups excluding tert-OH is 2. The molecule has 2 amide bonds. The Kier molecular flexibility index (Phi) is 9.99. The van der Waals surface area contributed by atoms with Gasteiger partial charge < -0.3 is 20.8 Å². The lowest BCUT2D eigenvalue weighted by Gasteiger charge is -2.19. The maximum absolute atomic E-state index is 12.2. The van der Waals surface area contributed by atoms with Crippen LogP contribution in [0.2, 0.25) is 0 Å². The number of rotatable bonds is 7. The molecule has 9 nitrogen and oxygen atoms in total. The van der Waals surface area contributed by atoms with Crippen LogP contribution >= 0.6 is 0 Å². The van der Waals surface area contributed by atoms with E-state index in [0.717, 1.165) is 0 Å². The molecule has 9 heteroatoms. The summed E-state index contributed by atoms with van der Waals surface area (Å²) in [6.45, 7) is 1.76. The number of carbonyl (C=O) groups is 2. The number of pyridine rings is 1. The largest absolute Gasteiger partial charge is 0.395 e. The molecule has 0 bridgehead atoms. The Balaban J connectivity index is 0.00000450. The molecule has 0 saturated carbocycles. The number of hydrogen-bond acceptors (Lipinski definition) is 7. The molecule has 2 aromatic rings. The van der Waals surface area contributed by atoms with Gasteiger partial charge in [0.2, 0.25) is 0 Å². The van der Waals surface area contributed by atoms with E-state index >= 15 is 0 Å². The number of aliphatic hydroxyl groups is 2. The molecule has 0 unspecified atom stereocenters. The van der Waals surface area contributed by atoms with E-state index in [1.807, 2.05) is 0 Å². The summed E-state index contributed by atoms with van der Waals surface area (Å²) in [4.78, 5) is 27.9. The predicted molar refractivity (Wildman–Crippen MR) is 112 cm³/mol. The van der Waals surface area contributed by atoms with Gasteiger partial charge in [-0.15, -0.1) is 0 Å². The normalized spacial score (nSPS) is 11.7. The number of carbonyl (C=O) groups excluding carboxylic acids is 2. The van der Waals surface area contributed by atoms with Gasteiger partial charge in [0.05, 0.1) is 12.7 Å². The molecule has 1 heterocycles. The van der Waals surface area contributed by atoms with Gasteiger partial charge in [0.15, 0.2) is 0 Å². The van der Waals surface area contributed by atoms with E-state index < -0.39 is 24.0 Å². The third kappa shape index (κ3) is 7.18. The van der Waals surface area contributed by atoms with E-state index in [2.05, 4.69) is 27.5 Å². The van der Waals surface area contributed by atoms with Crippen molar-refractivity contribution in [2.45, 2.75) is 26.5 Å². The molecular weight excluding hydrogens is 388 g/mol. The average Bonchev–Trinajstić information content (AvgIpc) is 2.74. The number of aromatic nitrogens is 1. The zero-order valence-corrected chi connectivity index (χ0v) is 15.7. The summed E-state index contributed by atoms with van der Waals surface area (Å²) in [6, 6.07) is 8.64. The van der Waals surface area contributed by atoms with Gasteiger partial charge in [-0.1, -0.05) is 19.3 Å². The van der Waals surface area contributed by atoms with Gasteiger partial charge >= 0.3 is 0 Å². The summed E-state index contributed by atoms with van der Waals surface area (Å²) in [5, 5.41) is 32.3. The summed E-state index contributed by atoms with van der Waals surface area (Å²) in [5.74, 6) is 5.07. The molecule has 0 aliphatic rings. The van der Waals surface area contributed by atoms with E-state index in [0.29, 0.717) is 23.5 Å². The molecule has 1 aromatic carbocycles. The molecule has 1 aromatic heterocycles. The van der Waals surface area contributed by atoms with Crippen LogP contribution in [0.25, 0.3) is 0 Å². The molecule has 0 spiro atoms. The Labute approximate surface area is 175 Å². The topological polar surface area (TPSA) is 144 Å². The standard InChI is InChI=1S/C20H22N4O5.CH4/c1-13(26)18(20(28)24-29)23-19(27)16-7-4-14(5-8-16)2-3-15-6-9-17(22-12-15)21-10-11-25;/h4-9,12-13,18,25-26,29H,10-11H2,1H3,(H,21,22)(H,23,27)(H,24,28);1H4/t13-,18+;/m1./s1. The molecule has 2 rings (SSSR count). The summed E-state index contributed by atoms with van der Waals surface area (Å²) < 4.78 is 0. The Morgan fingerprint density at radius 3 is 2.27 bits per heavy atom. The van der Waals surface area contributed by atoms with Crippen LogP contribution in [-0.4, -0.2) is 57.5 Å². The Morgan fingerprint density at radius 1 is 1.10 bits per heavy atom. The van der Waals surface area contributed by atoms with E-state index in [4.69, 9.17) is 10.3 Å². The van der Waals surface area contributed by atoms with Crippen molar-refractivity contribution in [1.82, 2.24) is 15.8 Å². The molecule has 160 valence electrons. The van der Waals surface area contributed by atoms with Gasteiger partial charge in [-0.2, -0.15) is 0 Å². The van der Waals surface area contributed by atoms with E-state index in [1.54, 1.807) is 30.5 Å². The lowest BCUT2D eigenvalue weighted by molar-refractivity contribution is -0.133. The predicted octanol–water partition coefficient (Wildman–Crippen LogP) is 0.506. The van der Waals surface area contributed by atoms with Crippen LogP contribution in [0.15, 0.2) is 42.6 Å². The minimum atomic E-state index is -1.28. The molecule has 30 heavy (non-hydrogen) atoms. The Morgan fingerprint density at radius 2 is 1.73 bits per heavy atom. The second kappa shape index (κ2) is 12.2. The fourth-order valence-corrected chi connectivity index (χ4v) is 2.30. The minimum absolute atomic E-state index is 0. The third-order valence-corrected chi connectivity index (χ3v) is 3.84. The molecular formula is C21H26N4O5. The summed E-state index contributed by atoms with van der Waals surface area (Å²) in [6.07, 6.45) is 0.423. The third-order valence-electron chi connectivity index (χ3n) is 3.84. The number of benzene rings is 1. The maximum atomic E-state index is 12.2. The van der Waals surface area contributed by atoms with Crippen LogP contribution in [0, 0.1) is 11.8 Å². The van der Waals surface area contributed by atoms with E-state index in [9.17, 15) is 14.7 Å². The zero-order chi connectivity index (χ0) is 21.2. The first kappa shape index (κ1) is 24.6. The quantitative estimate of drug-likeness (QED) is 0.220. The monoisotopic (exact) mass is 414 g/mol. The molecule has 0 aliphatic carbocycles. The van der Waals surface area contributed by atoms with Crippen LogP contribution in [0.1, 0.15) is 35.8 Å². The lowest BCUT2D eigenvalue weighted by Crippen LogP contribution is -2.51. The fraction of sp³-hybridized carbons (Fsp3) is 0.286. The van der Waals surface area contributed by atoms with Crippen molar-refractivity contribution in [1.29, 1.82) is 0 Å². The number of amides is 2. The SMILES string of the molecule is C.C[C@@H](O)[C@H](NC(=O)c1ccc(C#Cc2ccc(NCCO)nc2)cc1)C(=O)NO. The highest BCUT2D eigenvalue weighted by atomic mass is 16.5. The molecule has 0 saturated heterocycles. The van der Waals surface area contributed by atoms with Gasteiger partial charge in [0, 0.05) is 29.4 Å². The summed E-state index contributed by atoms with van der Waals surface area (Å²) >= 11 is 0. The fourth-order valence-electron chi connectivity index (χ4n) is 2.30. The van der Waals surface area contributed by atoms with Crippen molar-refractivity contribution >= 4 is 17.6 Å². The van der Waals surface area contributed by atoms with Gasteiger partial charge in [0.1, 0.15) is 11.9 Å². The first-order chi connectivity index (χ1) is 13.9. The first-order valence-corrected chi connectivity index (χ1v) is 8.80. The molecule has 0 aliphatic heterocycles. The highest BCUT2D eigenvalue weighted by molar-refractivity contribution is 5.97. The van der Waals surface area contributed by atoms with Gasteiger partial charge in [-0.05, 0) is 43.3 Å². The average molecular weight is 414 g/mol. The van der Waals surface area contributed by atoms with Crippen LogP contribution < -0.4 is 16.1 Å². The first-order valence-electron chi connectivity index (χ1n) is 8.80. The lowest BCUT2D eigenvalue weighted by atomic mass is 10.1. The van der Waals surface area contributed by atoms with Crippen LogP contribution in [0.3, 0.4) is 0 Å². The van der Waals surface area contributed by atoms with Crippen molar-refractivity contribution in [3.05, 3.63) is 59.3 Å². The van der Waals surface area contributed by atoms with Crippen LogP contribution in [0.5, 0.6) is 0 Å². The summed E-state index contributed by atoms with van der Waals surface area (Å²) in [7, 11) is 0. The van der Waals surface area contributed by atoms with Crippen molar-refractivity contribution in [3.63, 3.8) is 0 Å². The van der Waals surface area contributed by atoms with Crippen molar-refractivity contribution in [2.24, 2.45) is 0 Å². The van der Waals surface area contributed by atoms with Crippen molar-refractivity contribution in [2.75, 3.05) is 18.5 Å². The summed E-state index contributed by atoms with van der Waals surface area (Å²) in [5.41, 5.74) is 3.05. The molecule has 6 N–H and O–H groups in total. The van der Waals surface area contributed by atoms with Gasteiger partial charge in [0.25, 0.3) is 11.8 Å². The second-order valence-corrected chi connectivity index (χ2v) is 6.08. The molecule has 2 atom stereocenters. The number of nitrogens with one attached hydrogen (secondary N) is 3. The second-order valence-electron chi connectivity index (χ2n) is 6.08. The van der Waals surface area contributed by atoms with Gasteiger partial charge in [-0.25, -0.2) is 10.5 Å². The molecule has 0 fully saturated rings. The Bertz CT molecular complexity index is 886. The highest BCUT2D eigenvalue weighted by Crippen LogP contribution is 2.07. The highest BCUT2D eigenvalue weighted by Gasteiger charge is 2.25. The zero-order valence-electron chi connectivity index (χ0n) is 15.7. The number of anilines is 1. The number of nitrogens with zero attached hydrogens (tertiary/aromatic N) is 1. The maximum Gasteiger partial charge on any atom is 0.268 e. The smallest absolute Gasteiger partial charge is 0.268 e. The number of hydroxylamine groups is 1. The molecule has 0 radical (unpaired) electrons. The minimum Gasteiger partial charge on any atom is -0.395 e. The van der Waals surface area contributed by atoms with Crippen LogP contribution in [0.4, 0.5) is 5.82 Å². The van der Waals surface area contributed by atoms with E-state index in [1.165, 1.54) is 24.5 Å². The van der Waals surface area contributed by atoms with Gasteiger partial charge in [-0.3, -0.25) is 14.8 Å². The van der Waals surface area contributed by atoms with E-state index in [-0.39, 0.29) is 19.6 Å². The van der Waals surface area contributed by atoms with Crippen molar-refractivity contribution in [3.8, 4) is 11.8 Å². The van der Waals surface area contributed by atoms with Crippen molar-refractivity contribution < 1.29 is 25.0 Å². The van der Waals surface area contributed by atoms with Crippen LogP contribution in [-0.2, 0) is 4.79 Å². The Hall–Kier alpha value is -3.45.